The molecule has 0 saturated heterocycles. The van der Waals surface area contributed by atoms with Gasteiger partial charge in [0.15, 0.2) is 0 Å². The second-order valence-corrected chi connectivity index (χ2v) is 5.95. The summed E-state index contributed by atoms with van der Waals surface area (Å²) in [6, 6.07) is -0.512. The van der Waals surface area contributed by atoms with E-state index in [2.05, 4.69) is 10.6 Å². The van der Waals surface area contributed by atoms with Crippen molar-refractivity contribution in [2.45, 2.75) is 53.0 Å². The summed E-state index contributed by atoms with van der Waals surface area (Å²) < 4.78 is 5.15. The Kier molecular flexibility index (Phi) is 11.8. The molecule has 3 N–H and O–H groups in total. The lowest BCUT2D eigenvalue weighted by molar-refractivity contribution is -0.131. The largest absolute Gasteiger partial charge is 0.394 e. The number of aliphatic hydroxyl groups is 1. The van der Waals surface area contributed by atoms with Crippen LogP contribution in [0.15, 0.2) is 0 Å². The molecular weight excluding hydrogens is 284 g/mol. The highest BCUT2D eigenvalue weighted by atomic mass is 16.5. The summed E-state index contributed by atoms with van der Waals surface area (Å²) in [6.07, 6.45) is 2.74. The molecule has 130 valence electrons. The first kappa shape index (κ1) is 20.9. The van der Waals surface area contributed by atoms with E-state index in [0.717, 1.165) is 19.3 Å². The van der Waals surface area contributed by atoms with Gasteiger partial charge in [-0.3, -0.25) is 9.59 Å². The highest BCUT2D eigenvalue weighted by molar-refractivity contribution is 5.88. The molecular formula is C16H32N2O4. The van der Waals surface area contributed by atoms with Gasteiger partial charge >= 0.3 is 0 Å². The molecule has 0 aliphatic carbocycles. The average molecular weight is 316 g/mol. The molecule has 0 rings (SSSR count). The Morgan fingerprint density at radius 2 is 1.68 bits per heavy atom. The smallest absolute Gasteiger partial charge is 0.242 e. The summed E-state index contributed by atoms with van der Waals surface area (Å²) in [4.78, 5) is 23.7. The number of amides is 2. The minimum Gasteiger partial charge on any atom is -0.394 e. The third kappa shape index (κ3) is 9.73. The van der Waals surface area contributed by atoms with Crippen LogP contribution in [0, 0.1) is 11.8 Å². The van der Waals surface area contributed by atoms with Crippen molar-refractivity contribution in [2.24, 2.45) is 11.8 Å². The van der Waals surface area contributed by atoms with Gasteiger partial charge in [-0.25, -0.2) is 0 Å². The number of carbonyl (C=O) groups is 2. The molecule has 0 spiro atoms. The van der Waals surface area contributed by atoms with Gasteiger partial charge in [-0.15, -0.1) is 0 Å². The molecule has 0 aromatic rings. The van der Waals surface area contributed by atoms with Crippen molar-refractivity contribution in [3.8, 4) is 0 Å². The zero-order valence-corrected chi connectivity index (χ0v) is 14.4. The van der Waals surface area contributed by atoms with Gasteiger partial charge < -0.3 is 20.5 Å². The molecule has 0 heterocycles. The van der Waals surface area contributed by atoms with Crippen LogP contribution < -0.4 is 10.6 Å². The number of unbranched alkanes of at least 4 members (excludes halogenated alkanes) is 2. The van der Waals surface area contributed by atoms with Crippen LogP contribution in [0.3, 0.4) is 0 Å². The predicted molar refractivity (Wildman–Crippen MR) is 86.4 cm³/mol. The van der Waals surface area contributed by atoms with Crippen LogP contribution in [-0.2, 0) is 14.3 Å². The first-order valence-corrected chi connectivity index (χ1v) is 8.16. The maximum atomic E-state index is 11.9. The average Bonchev–Trinajstić information content (AvgIpc) is 2.48. The quantitative estimate of drug-likeness (QED) is 0.470. The number of rotatable bonds is 12. The Hall–Kier alpha value is -1.14. The summed E-state index contributed by atoms with van der Waals surface area (Å²) >= 11 is 0. The van der Waals surface area contributed by atoms with E-state index in [0.29, 0.717) is 19.8 Å². The second kappa shape index (κ2) is 12.4. The molecule has 0 unspecified atom stereocenters. The number of hydrogen-bond acceptors (Lipinski definition) is 4. The maximum absolute atomic E-state index is 11.9. The predicted octanol–water partition coefficient (Wildman–Crippen LogP) is 1.08. The molecule has 0 aromatic carbocycles. The fourth-order valence-electron chi connectivity index (χ4n) is 1.75. The van der Waals surface area contributed by atoms with Gasteiger partial charge in [0, 0.05) is 19.1 Å². The minimum absolute atomic E-state index is 0.0507. The summed E-state index contributed by atoms with van der Waals surface area (Å²) in [6.45, 7) is 9.19. The van der Waals surface area contributed by atoms with Crippen molar-refractivity contribution < 1.29 is 19.4 Å². The van der Waals surface area contributed by atoms with E-state index in [-0.39, 0.29) is 30.3 Å². The Bertz CT molecular complexity index is 321. The zero-order chi connectivity index (χ0) is 17.0. The summed E-state index contributed by atoms with van der Waals surface area (Å²) in [5, 5.41) is 14.1. The molecule has 6 heteroatoms. The molecule has 0 aromatic heterocycles. The van der Waals surface area contributed by atoms with Gasteiger partial charge in [0.25, 0.3) is 0 Å². The molecule has 2 amide bonds. The van der Waals surface area contributed by atoms with E-state index < -0.39 is 6.04 Å². The van der Waals surface area contributed by atoms with Crippen molar-refractivity contribution in [1.82, 2.24) is 10.6 Å². The van der Waals surface area contributed by atoms with Crippen molar-refractivity contribution >= 4 is 11.8 Å². The van der Waals surface area contributed by atoms with Gasteiger partial charge in [-0.2, -0.15) is 0 Å². The number of ether oxygens (including phenoxy) is 1. The molecule has 6 nitrogen and oxygen atoms in total. The first-order chi connectivity index (χ1) is 10.4. The molecule has 0 aliphatic rings. The molecule has 22 heavy (non-hydrogen) atoms. The van der Waals surface area contributed by atoms with Gasteiger partial charge in [0.1, 0.15) is 6.04 Å². The highest BCUT2D eigenvalue weighted by Gasteiger charge is 2.21. The molecule has 2 atom stereocenters. The summed E-state index contributed by atoms with van der Waals surface area (Å²) in [7, 11) is 0. The van der Waals surface area contributed by atoms with Crippen LogP contribution >= 0.6 is 0 Å². The van der Waals surface area contributed by atoms with E-state index in [1.54, 1.807) is 6.92 Å². The van der Waals surface area contributed by atoms with Crippen molar-refractivity contribution in [3.63, 3.8) is 0 Å². The summed E-state index contributed by atoms with van der Waals surface area (Å²) in [5.74, 6) is -0.0861. The van der Waals surface area contributed by atoms with Crippen molar-refractivity contribution in [1.29, 1.82) is 0 Å². The SMILES string of the molecule is CC(C)[C@H](C)C(=O)N[C@@H](C)C(=O)NCCCCCOCCO. The Morgan fingerprint density at radius 1 is 1.00 bits per heavy atom. The van der Waals surface area contributed by atoms with Gasteiger partial charge in [0.2, 0.25) is 11.8 Å². The van der Waals surface area contributed by atoms with Crippen molar-refractivity contribution in [2.75, 3.05) is 26.4 Å². The van der Waals surface area contributed by atoms with Crippen LogP contribution in [0.1, 0.15) is 47.0 Å². The van der Waals surface area contributed by atoms with E-state index in [1.807, 2.05) is 20.8 Å². The Balaban J connectivity index is 3.72. The lowest BCUT2D eigenvalue weighted by atomic mass is 9.97. The second-order valence-electron chi connectivity index (χ2n) is 5.95. The zero-order valence-electron chi connectivity index (χ0n) is 14.4. The number of hydrogen-bond donors (Lipinski definition) is 3. The maximum Gasteiger partial charge on any atom is 0.242 e. The van der Waals surface area contributed by atoms with E-state index in [4.69, 9.17) is 9.84 Å². The molecule has 0 radical (unpaired) electrons. The van der Waals surface area contributed by atoms with Crippen LogP contribution in [0.2, 0.25) is 0 Å². The van der Waals surface area contributed by atoms with Crippen LogP contribution in [-0.4, -0.2) is 49.3 Å². The van der Waals surface area contributed by atoms with Gasteiger partial charge in [-0.05, 0) is 32.1 Å². The Morgan fingerprint density at radius 3 is 2.27 bits per heavy atom. The topological polar surface area (TPSA) is 87.7 Å². The Labute approximate surface area is 134 Å². The van der Waals surface area contributed by atoms with Gasteiger partial charge in [0.05, 0.1) is 13.2 Å². The monoisotopic (exact) mass is 316 g/mol. The first-order valence-electron chi connectivity index (χ1n) is 8.16. The fourth-order valence-corrected chi connectivity index (χ4v) is 1.75. The van der Waals surface area contributed by atoms with Crippen molar-refractivity contribution in [3.05, 3.63) is 0 Å². The number of aliphatic hydroxyl groups excluding tert-OH is 1. The molecule has 0 bridgehead atoms. The molecule has 0 saturated carbocycles. The number of nitrogens with one attached hydrogen (secondary N) is 2. The van der Waals surface area contributed by atoms with Crippen LogP contribution in [0.4, 0.5) is 0 Å². The third-order valence-electron chi connectivity index (χ3n) is 3.67. The third-order valence-corrected chi connectivity index (χ3v) is 3.67. The molecule has 0 aliphatic heterocycles. The summed E-state index contributed by atoms with van der Waals surface area (Å²) in [5.41, 5.74) is 0. The molecule has 0 fully saturated rings. The lowest BCUT2D eigenvalue weighted by Crippen LogP contribution is -2.47. The normalized spacial score (nSPS) is 13.7. The van der Waals surface area contributed by atoms with E-state index in [1.165, 1.54) is 0 Å². The van der Waals surface area contributed by atoms with Crippen LogP contribution in [0.5, 0.6) is 0 Å². The van der Waals surface area contributed by atoms with E-state index in [9.17, 15) is 9.59 Å². The lowest BCUT2D eigenvalue weighted by Gasteiger charge is -2.19. The van der Waals surface area contributed by atoms with Gasteiger partial charge in [-0.1, -0.05) is 20.8 Å². The van der Waals surface area contributed by atoms with Crippen LogP contribution in [0.25, 0.3) is 0 Å². The highest BCUT2D eigenvalue weighted by Crippen LogP contribution is 2.09. The fraction of sp³-hybridized carbons (Fsp3) is 0.875. The minimum atomic E-state index is -0.512. The standard InChI is InChI=1S/C16H32N2O4/c1-12(2)13(3)15(20)18-14(4)16(21)17-8-6-5-7-10-22-11-9-19/h12-14,19H,5-11H2,1-4H3,(H,17,21)(H,18,20)/t13-,14-/m0/s1. The van der Waals surface area contributed by atoms with E-state index >= 15 is 0 Å². The number of carbonyl (C=O) groups excluding carboxylic acids is 2.